The quantitative estimate of drug-likeness (QED) is 0.467. The Morgan fingerprint density at radius 2 is 1.90 bits per heavy atom. The van der Waals surface area contributed by atoms with Gasteiger partial charge in [-0.15, -0.1) is 0 Å². The highest BCUT2D eigenvalue weighted by molar-refractivity contribution is 7.89. The molecule has 30 heavy (non-hydrogen) atoms. The molecule has 1 fully saturated rings. The summed E-state index contributed by atoms with van der Waals surface area (Å²) in [5.41, 5.74) is 2.49. The molecule has 5 rings (SSSR count). The fraction of sp³-hybridized carbons (Fsp3) is 0.278. The molecule has 0 radical (unpaired) electrons. The Morgan fingerprint density at radius 3 is 2.70 bits per heavy atom. The first-order chi connectivity index (χ1) is 14.5. The van der Waals surface area contributed by atoms with Crippen molar-refractivity contribution in [1.82, 2.24) is 32.6 Å². The number of aromatic nitrogens is 5. The zero-order valence-electron chi connectivity index (χ0n) is 16.0. The highest BCUT2D eigenvalue weighted by atomic mass is 32.2. The number of fused-ring (bicyclic) bond motifs is 2. The molecule has 1 amide bonds. The van der Waals surface area contributed by atoms with Gasteiger partial charge in [-0.25, -0.2) is 17.9 Å². The summed E-state index contributed by atoms with van der Waals surface area (Å²) in [6.45, 7) is 2.74. The first-order valence-electron chi connectivity index (χ1n) is 9.27. The van der Waals surface area contributed by atoms with Gasteiger partial charge >= 0.3 is 0 Å². The first kappa shape index (κ1) is 19.0. The number of benzene rings is 1. The van der Waals surface area contributed by atoms with E-state index in [2.05, 4.69) is 18.8 Å². The van der Waals surface area contributed by atoms with Crippen LogP contribution in [0.2, 0.25) is 0 Å². The average molecular weight is 444 g/mol. The molecule has 10 nitrogen and oxygen atoms in total. The molecule has 12 heteroatoms. The lowest BCUT2D eigenvalue weighted by Crippen LogP contribution is -2.50. The minimum Gasteiger partial charge on any atom is -0.336 e. The average Bonchev–Trinajstić information content (AvgIpc) is 3.36. The van der Waals surface area contributed by atoms with Crippen molar-refractivity contribution in [3.05, 3.63) is 47.9 Å². The van der Waals surface area contributed by atoms with Gasteiger partial charge in [-0.2, -0.15) is 18.2 Å². The Kier molecular flexibility index (Phi) is 4.49. The molecule has 4 aromatic rings. The lowest BCUT2D eigenvalue weighted by molar-refractivity contribution is 0.0699. The van der Waals surface area contributed by atoms with Crippen LogP contribution in [0, 0.1) is 6.92 Å². The molecule has 154 valence electrons. The second-order valence-corrected chi connectivity index (χ2v) is 9.37. The van der Waals surface area contributed by atoms with Gasteiger partial charge < -0.3 is 4.90 Å². The van der Waals surface area contributed by atoms with E-state index in [1.807, 2.05) is 0 Å². The Morgan fingerprint density at radius 1 is 1.10 bits per heavy atom. The molecular weight excluding hydrogens is 426 g/mol. The van der Waals surface area contributed by atoms with E-state index in [0.717, 1.165) is 11.7 Å². The molecule has 0 unspecified atom stereocenters. The summed E-state index contributed by atoms with van der Waals surface area (Å²) in [5, 5.41) is 4.34. The normalized spacial score (nSPS) is 15.8. The molecule has 3 aromatic heterocycles. The van der Waals surface area contributed by atoms with Crippen LogP contribution in [0.3, 0.4) is 0 Å². The molecule has 1 saturated heterocycles. The maximum atomic E-state index is 13.2. The molecule has 0 N–H and O–H groups in total. The lowest BCUT2D eigenvalue weighted by Gasteiger charge is -2.34. The maximum absolute atomic E-state index is 13.2. The van der Waals surface area contributed by atoms with E-state index < -0.39 is 10.0 Å². The summed E-state index contributed by atoms with van der Waals surface area (Å²) in [4.78, 5) is 19.2. The molecule has 0 spiro atoms. The second-order valence-electron chi connectivity index (χ2n) is 6.93. The van der Waals surface area contributed by atoms with Gasteiger partial charge in [0.15, 0.2) is 5.65 Å². The smallest absolute Gasteiger partial charge is 0.259 e. The molecule has 0 saturated carbocycles. The standard InChI is InChI=1S/C18H17N7O3S2/c1-12-15(17-19-6-3-7-25(17)20-12)18(26)23-8-10-24(11-9-23)30(27,28)14-5-2-4-13-16(14)22-29-21-13/h2-7H,8-11H2,1H3. The van der Waals surface area contributed by atoms with Crippen LogP contribution in [0.25, 0.3) is 16.7 Å². The van der Waals surface area contributed by atoms with Crippen molar-refractivity contribution in [3.8, 4) is 0 Å². The van der Waals surface area contributed by atoms with E-state index in [9.17, 15) is 13.2 Å². The Bertz CT molecular complexity index is 1370. The van der Waals surface area contributed by atoms with Gasteiger partial charge in [0.25, 0.3) is 5.91 Å². The van der Waals surface area contributed by atoms with Crippen molar-refractivity contribution >= 4 is 44.3 Å². The van der Waals surface area contributed by atoms with Crippen molar-refractivity contribution in [3.63, 3.8) is 0 Å². The van der Waals surface area contributed by atoms with Crippen molar-refractivity contribution in [2.75, 3.05) is 26.2 Å². The summed E-state index contributed by atoms with van der Waals surface area (Å²) in [6, 6.07) is 6.69. The minimum absolute atomic E-state index is 0.149. The van der Waals surface area contributed by atoms with Gasteiger partial charge in [-0.05, 0) is 25.1 Å². The van der Waals surface area contributed by atoms with Crippen molar-refractivity contribution in [2.45, 2.75) is 11.8 Å². The number of nitrogens with zero attached hydrogens (tertiary/aromatic N) is 7. The molecule has 1 aromatic carbocycles. The van der Waals surface area contributed by atoms with Crippen molar-refractivity contribution in [2.24, 2.45) is 0 Å². The maximum Gasteiger partial charge on any atom is 0.259 e. The zero-order valence-corrected chi connectivity index (χ0v) is 17.6. The molecule has 0 bridgehead atoms. The summed E-state index contributed by atoms with van der Waals surface area (Å²) in [6.07, 6.45) is 3.36. The van der Waals surface area contributed by atoms with E-state index in [4.69, 9.17) is 0 Å². The van der Waals surface area contributed by atoms with E-state index in [-0.39, 0.29) is 37.0 Å². The van der Waals surface area contributed by atoms with Gasteiger partial charge in [-0.1, -0.05) is 6.07 Å². The van der Waals surface area contributed by atoms with Gasteiger partial charge in [-0.3, -0.25) is 4.79 Å². The van der Waals surface area contributed by atoms with E-state index in [1.165, 1.54) is 4.31 Å². The van der Waals surface area contributed by atoms with Crippen LogP contribution in [-0.2, 0) is 10.0 Å². The molecule has 0 atom stereocenters. The fourth-order valence-corrected chi connectivity index (χ4v) is 5.84. The predicted molar refractivity (Wildman–Crippen MR) is 110 cm³/mol. The number of hydrogen-bond donors (Lipinski definition) is 0. The lowest BCUT2D eigenvalue weighted by atomic mass is 10.2. The minimum atomic E-state index is -3.73. The number of hydrogen-bond acceptors (Lipinski definition) is 8. The van der Waals surface area contributed by atoms with Gasteiger partial charge in [0.1, 0.15) is 21.5 Å². The number of aryl methyl sites for hydroxylation is 1. The molecular formula is C18H17N7O3S2. The van der Waals surface area contributed by atoms with Crippen molar-refractivity contribution in [1.29, 1.82) is 0 Å². The van der Waals surface area contributed by atoms with Crippen LogP contribution in [0.1, 0.15) is 16.1 Å². The van der Waals surface area contributed by atoms with Crippen LogP contribution in [-0.4, -0.2) is 73.1 Å². The highest BCUT2D eigenvalue weighted by Gasteiger charge is 2.33. The zero-order chi connectivity index (χ0) is 20.9. The van der Waals surface area contributed by atoms with E-state index >= 15 is 0 Å². The van der Waals surface area contributed by atoms with Gasteiger partial charge in [0.05, 0.1) is 17.4 Å². The molecule has 0 aliphatic carbocycles. The first-order valence-corrected chi connectivity index (χ1v) is 11.4. The number of carbonyl (C=O) groups excluding carboxylic acids is 1. The molecule has 4 heterocycles. The van der Waals surface area contributed by atoms with Gasteiger partial charge in [0, 0.05) is 38.6 Å². The number of rotatable bonds is 3. The largest absolute Gasteiger partial charge is 0.336 e. The third kappa shape index (κ3) is 2.95. The Hall–Kier alpha value is -2.96. The van der Waals surface area contributed by atoms with Gasteiger partial charge in [0.2, 0.25) is 10.0 Å². The van der Waals surface area contributed by atoms with E-state index in [1.54, 1.807) is 53.0 Å². The topological polar surface area (TPSA) is 114 Å². The summed E-state index contributed by atoms with van der Waals surface area (Å²) in [5.74, 6) is -0.191. The number of carbonyl (C=O) groups is 1. The summed E-state index contributed by atoms with van der Waals surface area (Å²) in [7, 11) is -3.73. The Labute approximate surface area is 176 Å². The Balaban J connectivity index is 1.38. The van der Waals surface area contributed by atoms with Crippen LogP contribution >= 0.6 is 11.7 Å². The van der Waals surface area contributed by atoms with Crippen LogP contribution < -0.4 is 0 Å². The molecule has 1 aliphatic heterocycles. The van der Waals surface area contributed by atoms with Crippen LogP contribution in [0.4, 0.5) is 0 Å². The fourth-order valence-electron chi connectivity index (χ4n) is 3.67. The summed E-state index contributed by atoms with van der Waals surface area (Å²) >= 11 is 0.985. The highest BCUT2D eigenvalue weighted by Crippen LogP contribution is 2.25. The van der Waals surface area contributed by atoms with Crippen LogP contribution in [0.15, 0.2) is 41.6 Å². The summed E-state index contributed by atoms with van der Waals surface area (Å²) < 4.78 is 37.6. The number of amides is 1. The SMILES string of the molecule is Cc1nn2cccnc2c1C(=O)N1CCN(S(=O)(=O)c2cccc3nsnc23)CC1. The monoisotopic (exact) mass is 443 g/mol. The third-order valence-electron chi connectivity index (χ3n) is 5.18. The van der Waals surface area contributed by atoms with E-state index in [0.29, 0.717) is 27.9 Å². The molecule has 1 aliphatic rings. The van der Waals surface area contributed by atoms with Crippen molar-refractivity contribution < 1.29 is 13.2 Å². The van der Waals surface area contributed by atoms with Crippen LogP contribution in [0.5, 0.6) is 0 Å². The predicted octanol–water partition coefficient (Wildman–Crippen LogP) is 1.19. The number of piperazine rings is 1. The number of sulfonamides is 1. The second kappa shape index (κ2) is 7.07. The third-order valence-corrected chi connectivity index (χ3v) is 7.65.